The maximum Gasteiger partial charge on any atom is 0.129 e. The largest absolute Gasteiger partial charge is 0.340 e. The van der Waals surface area contributed by atoms with Gasteiger partial charge in [-0.05, 0) is 29.1 Å². The van der Waals surface area contributed by atoms with Gasteiger partial charge < -0.3 is 14.9 Å². The molecule has 2 heterocycles. The molecule has 2 aromatic heterocycles. The van der Waals surface area contributed by atoms with Gasteiger partial charge in [-0.1, -0.05) is 17.7 Å². The Kier molecular flexibility index (Phi) is 3.05. The highest BCUT2D eigenvalue weighted by atomic mass is 35.5. The van der Waals surface area contributed by atoms with Gasteiger partial charge in [-0.15, -0.1) is 0 Å². The second-order valence-electron chi connectivity index (χ2n) is 4.60. The maximum atomic E-state index is 6.00. The van der Waals surface area contributed by atoms with Crippen molar-refractivity contribution in [2.75, 3.05) is 0 Å². The van der Waals surface area contributed by atoms with E-state index in [1.165, 1.54) is 10.9 Å². The summed E-state index contributed by atoms with van der Waals surface area (Å²) in [7, 11) is 1.92. The normalized spacial score (nSPS) is 11.3. The lowest BCUT2D eigenvalue weighted by Gasteiger charge is -2.06. The molecule has 0 saturated heterocycles. The fourth-order valence-electron chi connectivity index (χ4n) is 2.24. The molecular weight excluding hydrogens is 260 g/mol. The van der Waals surface area contributed by atoms with Crippen LogP contribution in [-0.2, 0) is 20.1 Å². The minimum absolute atomic E-state index is 0.566. The van der Waals surface area contributed by atoms with Crippen molar-refractivity contribution in [3.63, 3.8) is 0 Å². The molecule has 2 N–H and O–H groups in total. The Morgan fingerprint density at radius 2 is 2.16 bits per heavy atom. The van der Waals surface area contributed by atoms with Crippen molar-refractivity contribution in [3.8, 4) is 0 Å². The molecule has 0 atom stereocenters. The molecule has 19 heavy (non-hydrogen) atoms. The zero-order valence-electron chi connectivity index (χ0n) is 10.7. The number of hydrogen-bond donors (Lipinski definition) is 1. The van der Waals surface area contributed by atoms with Crippen LogP contribution in [-0.4, -0.2) is 14.1 Å². The summed E-state index contributed by atoms with van der Waals surface area (Å²) >= 11 is 6.00. The molecular formula is C14H15ClN4. The number of benzene rings is 1. The van der Waals surface area contributed by atoms with E-state index in [1.54, 1.807) is 6.20 Å². The lowest BCUT2D eigenvalue weighted by Crippen LogP contribution is -2.05. The van der Waals surface area contributed by atoms with Crippen LogP contribution in [0.25, 0.3) is 10.9 Å². The van der Waals surface area contributed by atoms with Crippen molar-refractivity contribution < 1.29 is 0 Å². The van der Waals surface area contributed by atoms with Gasteiger partial charge >= 0.3 is 0 Å². The predicted octanol–water partition coefficient (Wildman–Crippen LogP) is 2.54. The Balaban J connectivity index is 1.99. The fraction of sp³-hybridized carbons (Fsp3) is 0.214. The van der Waals surface area contributed by atoms with E-state index in [-0.39, 0.29) is 0 Å². The molecule has 0 radical (unpaired) electrons. The van der Waals surface area contributed by atoms with Gasteiger partial charge in [0.15, 0.2) is 0 Å². The maximum absolute atomic E-state index is 6.00. The molecule has 1 aromatic carbocycles. The lowest BCUT2D eigenvalue weighted by atomic mass is 10.1. The Labute approximate surface area is 116 Å². The van der Waals surface area contributed by atoms with E-state index in [0.717, 1.165) is 11.4 Å². The van der Waals surface area contributed by atoms with Gasteiger partial charge in [0, 0.05) is 25.3 Å². The van der Waals surface area contributed by atoms with Crippen molar-refractivity contribution in [1.82, 2.24) is 14.1 Å². The van der Waals surface area contributed by atoms with Crippen molar-refractivity contribution in [3.05, 3.63) is 53.2 Å². The third-order valence-corrected chi connectivity index (χ3v) is 3.76. The zero-order valence-corrected chi connectivity index (χ0v) is 11.4. The first kappa shape index (κ1) is 12.3. The highest BCUT2D eigenvalue weighted by Gasteiger charge is 2.07. The van der Waals surface area contributed by atoms with Crippen LogP contribution < -0.4 is 5.73 Å². The minimum Gasteiger partial charge on any atom is -0.340 e. The average molecular weight is 275 g/mol. The monoisotopic (exact) mass is 274 g/mol. The van der Waals surface area contributed by atoms with E-state index in [1.807, 2.05) is 11.6 Å². The summed E-state index contributed by atoms with van der Waals surface area (Å²) in [4.78, 5) is 4.32. The van der Waals surface area contributed by atoms with E-state index in [0.29, 0.717) is 18.2 Å². The highest BCUT2D eigenvalue weighted by molar-refractivity contribution is 6.29. The number of fused-ring (bicyclic) bond motifs is 1. The summed E-state index contributed by atoms with van der Waals surface area (Å²) in [5.74, 6) is 0.936. The Hall–Kier alpha value is -1.78. The summed E-state index contributed by atoms with van der Waals surface area (Å²) in [5, 5.41) is 1.85. The summed E-state index contributed by atoms with van der Waals surface area (Å²) in [6.07, 6.45) is 3.74. The molecule has 98 valence electrons. The molecule has 0 unspecified atom stereocenters. The third-order valence-electron chi connectivity index (χ3n) is 3.41. The van der Waals surface area contributed by atoms with Crippen LogP contribution in [0.2, 0.25) is 5.15 Å². The third kappa shape index (κ3) is 2.13. The van der Waals surface area contributed by atoms with E-state index in [4.69, 9.17) is 17.3 Å². The Bertz CT molecular complexity index is 726. The van der Waals surface area contributed by atoms with Gasteiger partial charge in [-0.2, -0.15) is 0 Å². The van der Waals surface area contributed by atoms with Gasteiger partial charge in [-0.25, -0.2) is 4.98 Å². The quantitative estimate of drug-likeness (QED) is 0.798. The van der Waals surface area contributed by atoms with Crippen LogP contribution in [0.3, 0.4) is 0 Å². The second kappa shape index (κ2) is 4.72. The second-order valence-corrected chi connectivity index (χ2v) is 4.98. The lowest BCUT2D eigenvalue weighted by molar-refractivity contribution is 0.718. The van der Waals surface area contributed by atoms with Crippen molar-refractivity contribution in [1.29, 1.82) is 0 Å². The molecule has 0 aliphatic heterocycles. The number of rotatable bonds is 3. The standard InChI is InChI=1S/C14H15ClN4/c1-18-13(15)8-17-14(18)9-19-5-4-11-6-10(7-16)2-3-12(11)19/h2-6,8H,7,9,16H2,1H3. The number of halogens is 1. The van der Waals surface area contributed by atoms with Gasteiger partial charge in [0.25, 0.3) is 0 Å². The molecule has 0 aliphatic carbocycles. The van der Waals surface area contributed by atoms with Gasteiger partial charge in [-0.3, -0.25) is 0 Å². The molecule has 3 aromatic rings. The van der Waals surface area contributed by atoms with Crippen LogP contribution in [0, 0.1) is 0 Å². The minimum atomic E-state index is 0.566. The average Bonchev–Trinajstić information content (AvgIpc) is 2.97. The molecule has 0 saturated carbocycles. The van der Waals surface area contributed by atoms with Crippen molar-refractivity contribution >= 4 is 22.5 Å². The van der Waals surface area contributed by atoms with Crippen LogP contribution in [0.4, 0.5) is 0 Å². The molecule has 4 nitrogen and oxygen atoms in total. The number of aromatic nitrogens is 3. The Morgan fingerprint density at radius 1 is 1.32 bits per heavy atom. The van der Waals surface area contributed by atoms with E-state index in [2.05, 4.69) is 40.0 Å². The van der Waals surface area contributed by atoms with Crippen LogP contribution in [0.1, 0.15) is 11.4 Å². The topological polar surface area (TPSA) is 48.8 Å². The van der Waals surface area contributed by atoms with Crippen molar-refractivity contribution in [2.45, 2.75) is 13.1 Å². The van der Waals surface area contributed by atoms with Gasteiger partial charge in [0.1, 0.15) is 11.0 Å². The molecule has 0 spiro atoms. The van der Waals surface area contributed by atoms with E-state index < -0.39 is 0 Å². The first-order valence-electron chi connectivity index (χ1n) is 6.13. The summed E-state index contributed by atoms with van der Waals surface area (Å²) in [6, 6.07) is 8.38. The molecule has 0 fully saturated rings. The number of nitrogens with two attached hydrogens (primary N) is 1. The van der Waals surface area contributed by atoms with Gasteiger partial charge in [0.2, 0.25) is 0 Å². The first-order chi connectivity index (χ1) is 9.19. The predicted molar refractivity (Wildman–Crippen MR) is 77.1 cm³/mol. The summed E-state index contributed by atoms with van der Waals surface area (Å²) < 4.78 is 4.05. The highest BCUT2D eigenvalue weighted by Crippen LogP contribution is 2.19. The van der Waals surface area contributed by atoms with Crippen molar-refractivity contribution in [2.24, 2.45) is 12.8 Å². The van der Waals surface area contributed by atoms with E-state index >= 15 is 0 Å². The SMILES string of the molecule is Cn1c(Cl)cnc1Cn1ccc2cc(CN)ccc21. The number of hydrogen-bond acceptors (Lipinski definition) is 2. The molecule has 0 amide bonds. The van der Waals surface area contributed by atoms with Gasteiger partial charge in [0.05, 0.1) is 12.7 Å². The van der Waals surface area contributed by atoms with Crippen LogP contribution >= 0.6 is 11.6 Å². The smallest absolute Gasteiger partial charge is 0.129 e. The zero-order chi connectivity index (χ0) is 13.4. The molecule has 3 rings (SSSR count). The summed E-state index contributed by atoms with van der Waals surface area (Å²) in [6.45, 7) is 1.27. The molecule has 0 bridgehead atoms. The number of nitrogens with zero attached hydrogens (tertiary/aromatic N) is 3. The number of imidazole rings is 1. The molecule has 5 heteroatoms. The van der Waals surface area contributed by atoms with E-state index in [9.17, 15) is 0 Å². The van der Waals surface area contributed by atoms with Crippen LogP contribution in [0.5, 0.6) is 0 Å². The first-order valence-corrected chi connectivity index (χ1v) is 6.51. The summed E-state index contributed by atoms with van der Waals surface area (Å²) in [5.41, 5.74) is 7.98. The fourth-order valence-corrected chi connectivity index (χ4v) is 2.38. The molecule has 0 aliphatic rings. The Morgan fingerprint density at radius 3 is 2.84 bits per heavy atom. The van der Waals surface area contributed by atoms with Crippen LogP contribution in [0.15, 0.2) is 36.7 Å².